The van der Waals surface area contributed by atoms with Crippen LogP contribution < -0.4 is 14.8 Å². The number of carbonyl (C=O) groups excluding carboxylic acids is 2. The van der Waals surface area contributed by atoms with Crippen LogP contribution in [0.3, 0.4) is 0 Å². The number of hydrogen-bond acceptors (Lipinski definition) is 4. The number of nitrogens with zero attached hydrogens (tertiary/aromatic N) is 1. The molecule has 4 rings (SSSR count). The highest BCUT2D eigenvalue weighted by molar-refractivity contribution is 9.10. The number of hydrogen-bond donors (Lipinski definition) is 1. The number of anilines is 1. The lowest BCUT2D eigenvalue weighted by atomic mass is 9.97. The van der Waals surface area contributed by atoms with Crippen LogP contribution in [0.4, 0.5) is 14.9 Å². The van der Waals surface area contributed by atoms with Crippen molar-refractivity contribution in [3.63, 3.8) is 0 Å². The number of halogens is 2. The first-order chi connectivity index (χ1) is 13.0. The van der Waals surface area contributed by atoms with Gasteiger partial charge in [0.1, 0.15) is 5.82 Å². The molecule has 2 amide bonds. The average Bonchev–Trinajstić information content (AvgIpc) is 3.09. The largest absolute Gasteiger partial charge is 0.454 e. The highest BCUT2D eigenvalue weighted by atomic mass is 79.9. The number of ether oxygens (including phenoxy) is 2. The van der Waals surface area contributed by atoms with Gasteiger partial charge in [-0.3, -0.25) is 9.69 Å². The Kier molecular flexibility index (Phi) is 4.57. The molecule has 8 heteroatoms. The second-order valence-corrected chi connectivity index (χ2v) is 6.93. The summed E-state index contributed by atoms with van der Waals surface area (Å²) in [6, 6.07) is 8.20. The Balaban J connectivity index is 1.60. The molecule has 1 unspecified atom stereocenters. The fourth-order valence-corrected chi connectivity index (χ4v) is 3.41. The minimum Gasteiger partial charge on any atom is -0.454 e. The maximum Gasteiger partial charge on any atom is 0.326 e. The van der Waals surface area contributed by atoms with Crippen molar-refractivity contribution in [2.45, 2.75) is 12.5 Å². The van der Waals surface area contributed by atoms with Gasteiger partial charge in [-0.1, -0.05) is 12.1 Å². The molecule has 2 aliphatic heterocycles. The Hall–Kier alpha value is -2.87. The van der Waals surface area contributed by atoms with Gasteiger partial charge in [0, 0.05) is 29.2 Å². The number of nitrogens with one attached hydrogen (secondary N) is 1. The van der Waals surface area contributed by atoms with Gasteiger partial charge in [-0.15, -0.1) is 0 Å². The topological polar surface area (TPSA) is 67.9 Å². The van der Waals surface area contributed by atoms with E-state index in [0.29, 0.717) is 27.2 Å². The molecule has 138 valence electrons. The quantitative estimate of drug-likeness (QED) is 0.764. The Labute approximate surface area is 162 Å². The fraction of sp³-hybridized carbons (Fsp3) is 0.158. The van der Waals surface area contributed by atoms with E-state index in [1.54, 1.807) is 24.3 Å². The zero-order valence-corrected chi connectivity index (χ0v) is 15.5. The normalized spacial score (nSPS) is 17.9. The third-order valence-corrected chi connectivity index (χ3v) is 5.00. The van der Waals surface area contributed by atoms with Crippen molar-refractivity contribution >= 4 is 33.4 Å². The van der Waals surface area contributed by atoms with Crippen molar-refractivity contribution in [1.29, 1.82) is 0 Å². The lowest BCUT2D eigenvalue weighted by Crippen LogP contribution is -2.37. The summed E-state index contributed by atoms with van der Waals surface area (Å²) in [7, 11) is 0. The number of rotatable bonds is 2. The van der Waals surface area contributed by atoms with E-state index in [0.717, 1.165) is 0 Å². The summed E-state index contributed by atoms with van der Waals surface area (Å²) < 4.78 is 24.5. The molecule has 0 aliphatic carbocycles. The Bertz CT molecular complexity index is 945. The van der Waals surface area contributed by atoms with Gasteiger partial charge in [0.2, 0.25) is 6.79 Å². The maximum atomic E-state index is 13.2. The molecule has 27 heavy (non-hydrogen) atoms. The van der Waals surface area contributed by atoms with Crippen LogP contribution in [0.25, 0.3) is 0 Å². The molecule has 1 atom stereocenters. The summed E-state index contributed by atoms with van der Waals surface area (Å²) in [5.74, 6) is 0.648. The molecule has 0 bridgehead atoms. The first kappa shape index (κ1) is 17.5. The van der Waals surface area contributed by atoms with Gasteiger partial charge in [-0.25, -0.2) is 9.18 Å². The molecular weight excluding hydrogens is 419 g/mol. The molecule has 0 saturated heterocycles. The molecule has 2 aliphatic rings. The molecule has 0 saturated carbocycles. The third-order valence-electron chi connectivity index (χ3n) is 4.34. The molecule has 0 radical (unpaired) electrons. The number of ketones is 1. The summed E-state index contributed by atoms with van der Waals surface area (Å²) >= 11 is 3.40. The molecule has 2 aromatic rings. The van der Waals surface area contributed by atoms with E-state index >= 15 is 0 Å². The number of amides is 2. The van der Waals surface area contributed by atoms with Gasteiger partial charge in [0.05, 0.1) is 11.7 Å². The van der Waals surface area contributed by atoms with Gasteiger partial charge in [-0.05, 0) is 39.7 Å². The Morgan fingerprint density at radius 2 is 1.89 bits per heavy atom. The van der Waals surface area contributed by atoms with Gasteiger partial charge in [0.25, 0.3) is 0 Å². The van der Waals surface area contributed by atoms with Crippen LogP contribution in [-0.2, 0) is 4.79 Å². The first-order valence-electron chi connectivity index (χ1n) is 8.16. The van der Waals surface area contributed by atoms with Crippen LogP contribution in [-0.4, -0.2) is 23.5 Å². The zero-order valence-electron chi connectivity index (χ0n) is 13.9. The van der Waals surface area contributed by atoms with Gasteiger partial charge in [-0.2, -0.15) is 0 Å². The van der Waals surface area contributed by atoms with E-state index in [1.807, 2.05) is 0 Å². The molecule has 2 aromatic carbocycles. The minimum atomic E-state index is -0.518. The first-order valence-corrected chi connectivity index (χ1v) is 8.95. The van der Waals surface area contributed by atoms with Gasteiger partial charge < -0.3 is 14.8 Å². The molecule has 0 spiro atoms. The Morgan fingerprint density at radius 1 is 1.19 bits per heavy atom. The lowest BCUT2D eigenvalue weighted by Gasteiger charge is -2.31. The van der Waals surface area contributed by atoms with Crippen LogP contribution >= 0.6 is 15.9 Å². The fourth-order valence-electron chi connectivity index (χ4n) is 2.99. The number of carbonyl (C=O) groups is 2. The average molecular weight is 433 g/mol. The van der Waals surface area contributed by atoms with Crippen LogP contribution in [0, 0.1) is 5.82 Å². The molecule has 0 aromatic heterocycles. The number of allylic oxidation sites excluding steroid dienone is 1. The highest BCUT2D eigenvalue weighted by Gasteiger charge is 2.29. The van der Waals surface area contributed by atoms with E-state index in [4.69, 9.17) is 9.47 Å². The number of benzene rings is 2. The maximum absolute atomic E-state index is 13.2. The van der Waals surface area contributed by atoms with Crippen LogP contribution in [0.2, 0.25) is 0 Å². The Morgan fingerprint density at radius 3 is 2.63 bits per heavy atom. The third kappa shape index (κ3) is 3.52. The van der Waals surface area contributed by atoms with Gasteiger partial charge >= 0.3 is 6.03 Å². The van der Waals surface area contributed by atoms with Crippen molar-refractivity contribution in [3.8, 4) is 11.5 Å². The summed E-state index contributed by atoms with van der Waals surface area (Å²) in [6.45, 7) is 0.128. The second kappa shape index (κ2) is 7.03. The van der Waals surface area contributed by atoms with Crippen LogP contribution in [0.1, 0.15) is 18.0 Å². The van der Waals surface area contributed by atoms with E-state index in [1.165, 1.54) is 29.3 Å². The van der Waals surface area contributed by atoms with E-state index in [2.05, 4.69) is 21.2 Å². The predicted octanol–water partition coefficient (Wildman–Crippen LogP) is 4.38. The van der Waals surface area contributed by atoms with Crippen LogP contribution in [0.5, 0.6) is 11.5 Å². The molecular formula is C19H14BrFN2O4. The minimum absolute atomic E-state index is 0.0994. The monoisotopic (exact) mass is 432 g/mol. The molecule has 2 heterocycles. The molecule has 0 fully saturated rings. The molecule has 6 nitrogen and oxygen atoms in total. The highest BCUT2D eigenvalue weighted by Crippen LogP contribution is 2.40. The second-order valence-electron chi connectivity index (χ2n) is 6.08. The van der Waals surface area contributed by atoms with Crippen molar-refractivity contribution in [3.05, 3.63) is 64.5 Å². The van der Waals surface area contributed by atoms with Crippen LogP contribution in [0.15, 0.2) is 53.1 Å². The summed E-state index contributed by atoms with van der Waals surface area (Å²) in [5, 5.41) is 2.80. The summed E-state index contributed by atoms with van der Waals surface area (Å²) in [4.78, 5) is 26.1. The zero-order chi connectivity index (χ0) is 19.0. The van der Waals surface area contributed by atoms with E-state index in [9.17, 15) is 14.0 Å². The molecule has 1 N–H and O–H groups in total. The smallest absolute Gasteiger partial charge is 0.326 e. The lowest BCUT2D eigenvalue weighted by molar-refractivity contribution is -0.116. The van der Waals surface area contributed by atoms with E-state index < -0.39 is 12.1 Å². The summed E-state index contributed by atoms with van der Waals surface area (Å²) in [6.07, 6.45) is 2.92. The van der Waals surface area contributed by atoms with Crippen molar-refractivity contribution < 1.29 is 23.5 Å². The standard InChI is InChI=1S/C19H14BrFN2O4/c20-14-8-17-18(27-10-26-17)9-15(14)22-19(25)23-6-5-13(24)7-16(23)11-1-3-12(21)4-2-11/h1-6,8-9,16H,7,10H2,(H,22,25). The number of urea groups is 1. The summed E-state index contributed by atoms with van der Waals surface area (Å²) in [5.41, 5.74) is 1.18. The van der Waals surface area contributed by atoms with Crippen molar-refractivity contribution in [1.82, 2.24) is 4.90 Å². The van der Waals surface area contributed by atoms with Gasteiger partial charge in [0.15, 0.2) is 17.3 Å². The van der Waals surface area contributed by atoms with E-state index in [-0.39, 0.29) is 24.8 Å². The number of fused-ring (bicyclic) bond motifs is 1. The van der Waals surface area contributed by atoms with Crippen molar-refractivity contribution in [2.24, 2.45) is 0 Å². The SMILES string of the molecule is O=C1C=CN(C(=O)Nc2cc3c(cc2Br)OCO3)C(c2ccc(F)cc2)C1. The van der Waals surface area contributed by atoms with Crippen molar-refractivity contribution in [2.75, 3.05) is 12.1 Å². The predicted molar refractivity (Wildman–Crippen MR) is 99.0 cm³/mol.